The lowest BCUT2D eigenvalue weighted by molar-refractivity contribution is -0.143. The van der Waals surface area contributed by atoms with Gasteiger partial charge in [-0.25, -0.2) is 8.78 Å². The fourth-order valence-corrected chi connectivity index (χ4v) is 0.440. The second-order valence-corrected chi connectivity index (χ2v) is 1.76. The van der Waals surface area contributed by atoms with Crippen LogP contribution in [-0.4, -0.2) is 25.5 Å². The van der Waals surface area contributed by atoms with E-state index in [9.17, 15) is 13.6 Å². The summed E-state index contributed by atoms with van der Waals surface area (Å²) < 4.78 is 27.1. The van der Waals surface area contributed by atoms with Crippen LogP contribution in [-0.2, 0) is 9.53 Å². The smallest absolute Gasteiger partial charge is 0.322 e. The van der Waals surface area contributed by atoms with Crippen molar-refractivity contribution in [3.05, 3.63) is 0 Å². The van der Waals surface area contributed by atoms with E-state index in [2.05, 4.69) is 4.74 Å². The first-order chi connectivity index (χ1) is 4.57. The first-order valence-electron chi connectivity index (χ1n) is 2.69. The molecule has 2 N–H and O–H groups in total. The number of methoxy groups -OCH3 is 1. The van der Waals surface area contributed by atoms with E-state index in [4.69, 9.17) is 5.73 Å². The predicted molar refractivity (Wildman–Crippen MR) is 37.9 cm³/mol. The Morgan fingerprint density at radius 1 is 1.64 bits per heavy atom. The monoisotopic (exact) mass is 189 g/mol. The zero-order valence-corrected chi connectivity index (χ0v) is 6.74. The lowest BCUT2D eigenvalue weighted by Gasteiger charge is -2.06. The Morgan fingerprint density at radius 2 is 2.09 bits per heavy atom. The Labute approximate surface area is 69.3 Å². The average Bonchev–Trinajstić information content (AvgIpc) is 1.85. The molecule has 6 heteroatoms. The number of halogens is 3. The second-order valence-electron chi connectivity index (χ2n) is 1.76. The molecule has 0 unspecified atom stereocenters. The number of carbonyl (C=O) groups is 1. The van der Waals surface area contributed by atoms with Crippen molar-refractivity contribution in [1.29, 1.82) is 0 Å². The molecule has 0 aromatic heterocycles. The fraction of sp³-hybridized carbons (Fsp3) is 0.800. The zero-order chi connectivity index (χ0) is 8.15. The van der Waals surface area contributed by atoms with Gasteiger partial charge >= 0.3 is 5.97 Å². The van der Waals surface area contributed by atoms with Crippen LogP contribution in [0.1, 0.15) is 6.42 Å². The van der Waals surface area contributed by atoms with Gasteiger partial charge in [-0.3, -0.25) is 4.79 Å². The van der Waals surface area contributed by atoms with Gasteiger partial charge in [0.1, 0.15) is 6.04 Å². The van der Waals surface area contributed by atoms with Gasteiger partial charge in [0.15, 0.2) is 0 Å². The molecule has 68 valence electrons. The number of ether oxygens (including phenoxy) is 1. The zero-order valence-electron chi connectivity index (χ0n) is 5.92. The quantitative estimate of drug-likeness (QED) is 0.661. The van der Waals surface area contributed by atoms with E-state index >= 15 is 0 Å². The highest BCUT2D eigenvalue weighted by molar-refractivity contribution is 5.85. The minimum absolute atomic E-state index is 0. The lowest BCUT2D eigenvalue weighted by Crippen LogP contribution is -2.33. The van der Waals surface area contributed by atoms with E-state index in [0.29, 0.717) is 0 Å². The molecular formula is C5H10ClF2NO2. The first kappa shape index (κ1) is 13.2. The molecule has 0 aliphatic heterocycles. The third-order valence-corrected chi connectivity index (χ3v) is 0.936. The number of rotatable bonds is 3. The van der Waals surface area contributed by atoms with Gasteiger partial charge in [0.25, 0.3) is 0 Å². The minimum atomic E-state index is -2.56. The van der Waals surface area contributed by atoms with Crippen LogP contribution in [0.2, 0.25) is 0 Å². The number of hydrogen-bond acceptors (Lipinski definition) is 3. The van der Waals surface area contributed by atoms with Crippen LogP contribution in [0, 0.1) is 0 Å². The van der Waals surface area contributed by atoms with Crippen LogP contribution in [0.4, 0.5) is 8.78 Å². The number of alkyl halides is 2. The van der Waals surface area contributed by atoms with Crippen LogP contribution in [0.3, 0.4) is 0 Å². The maximum atomic E-state index is 11.5. The van der Waals surface area contributed by atoms with Gasteiger partial charge in [0, 0.05) is 6.42 Å². The number of carbonyl (C=O) groups excluding carboxylic acids is 1. The molecule has 0 aliphatic carbocycles. The molecule has 0 saturated carbocycles. The van der Waals surface area contributed by atoms with Crippen molar-refractivity contribution < 1.29 is 18.3 Å². The summed E-state index contributed by atoms with van der Waals surface area (Å²) in [4.78, 5) is 10.4. The van der Waals surface area contributed by atoms with Crippen molar-refractivity contribution in [3.63, 3.8) is 0 Å². The van der Waals surface area contributed by atoms with Crippen molar-refractivity contribution in [1.82, 2.24) is 0 Å². The molecular weight excluding hydrogens is 180 g/mol. The van der Waals surface area contributed by atoms with E-state index in [1.807, 2.05) is 0 Å². The topological polar surface area (TPSA) is 52.3 Å². The number of esters is 1. The van der Waals surface area contributed by atoms with Gasteiger partial charge < -0.3 is 10.5 Å². The highest BCUT2D eigenvalue weighted by Crippen LogP contribution is 2.02. The summed E-state index contributed by atoms with van der Waals surface area (Å²) in [5.74, 6) is -0.805. The summed E-state index contributed by atoms with van der Waals surface area (Å²) in [6, 6.07) is -1.20. The van der Waals surface area contributed by atoms with Crippen molar-refractivity contribution in [2.24, 2.45) is 5.73 Å². The molecule has 0 aliphatic rings. The number of hydrogen-bond donors (Lipinski definition) is 1. The summed E-state index contributed by atoms with van der Waals surface area (Å²) >= 11 is 0. The van der Waals surface area contributed by atoms with E-state index < -0.39 is 24.9 Å². The van der Waals surface area contributed by atoms with Gasteiger partial charge in [-0.05, 0) is 0 Å². The van der Waals surface area contributed by atoms with Crippen LogP contribution in [0.5, 0.6) is 0 Å². The average molecular weight is 190 g/mol. The third kappa shape index (κ3) is 6.00. The molecule has 0 heterocycles. The van der Waals surface area contributed by atoms with Gasteiger partial charge in [-0.1, -0.05) is 0 Å². The second kappa shape index (κ2) is 6.30. The standard InChI is InChI=1S/C5H9F2NO2.ClH/c1-10-5(9)3(8)2-4(6)7;/h3-4H,2,8H2,1H3;1H/t3-;/m0./s1. The van der Waals surface area contributed by atoms with Gasteiger partial charge in [0.2, 0.25) is 6.43 Å². The van der Waals surface area contributed by atoms with Crippen molar-refractivity contribution in [2.45, 2.75) is 18.9 Å². The molecule has 0 saturated heterocycles. The summed E-state index contributed by atoms with van der Waals surface area (Å²) in [5, 5.41) is 0. The predicted octanol–water partition coefficient (Wildman–Crippen LogP) is 0.564. The highest BCUT2D eigenvalue weighted by atomic mass is 35.5. The first-order valence-corrected chi connectivity index (χ1v) is 2.69. The Bertz CT molecular complexity index is 123. The molecule has 0 bridgehead atoms. The maximum absolute atomic E-state index is 11.5. The molecule has 0 amide bonds. The fourth-order valence-electron chi connectivity index (χ4n) is 0.440. The SMILES string of the molecule is COC(=O)[C@@H](N)CC(F)F.Cl. The Kier molecular flexibility index (Phi) is 7.55. The molecule has 0 aromatic rings. The van der Waals surface area contributed by atoms with Gasteiger partial charge in [-0.15, -0.1) is 12.4 Å². The van der Waals surface area contributed by atoms with E-state index in [1.54, 1.807) is 0 Å². The maximum Gasteiger partial charge on any atom is 0.322 e. The number of nitrogens with two attached hydrogens (primary N) is 1. The molecule has 0 radical (unpaired) electrons. The molecule has 0 aromatic carbocycles. The van der Waals surface area contributed by atoms with E-state index in [-0.39, 0.29) is 12.4 Å². The van der Waals surface area contributed by atoms with E-state index in [1.165, 1.54) is 0 Å². The molecule has 11 heavy (non-hydrogen) atoms. The third-order valence-electron chi connectivity index (χ3n) is 0.936. The van der Waals surface area contributed by atoms with Crippen molar-refractivity contribution in [3.8, 4) is 0 Å². The summed E-state index contributed by atoms with van der Waals surface area (Å²) in [6.07, 6.45) is -3.21. The summed E-state index contributed by atoms with van der Waals surface area (Å²) in [7, 11) is 1.10. The van der Waals surface area contributed by atoms with Crippen LogP contribution < -0.4 is 5.73 Å². The Balaban J connectivity index is 0. The van der Waals surface area contributed by atoms with Crippen molar-refractivity contribution >= 4 is 18.4 Å². The molecule has 1 atom stereocenters. The summed E-state index contributed by atoms with van der Waals surface area (Å²) in [6.45, 7) is 0. The largest absolute Gasteiger partial charge is 0.468 e. The highest BCUT2D eigenvalue weighted by Gasteiger charge is 2.18. The molecule has 3 nitrogen and oxygen atoms in total. The molecule has 0 rings (SSSR count). The van der Waals surface area contributed by atoms with Gasteiger partial charge in [0.05, 0.1) is 7.11 Å². The van der Waals surface area contributed by atoms with Crippen molar-refractivity contribution in [2.75, 3.05) is 7.11 Å². The van der Waals surface area contributed by atoms with Crippen LogP contribution in [0.15, 0.2) is 0 Å². The van der Waals surface area contributed by atoms with E-state index in [0.717, 1.165) is 7.11 Å². The van der Waals surface area contributed by atoms with Gasteiger partial charge in [-0.2, -0.15) is 0 Å². The lowest BCUT2D eigenvalue weighted by atomic mass is 10.2. The minimum Gasteiger partial charge on any atom is -0.468 e. The van der Waals surface area contributed by atoms with Crippen LogP contribution >= 0.6 is 12.4 Å². The Morgan fingerprint density at radius 3 is 2.36 bits per heavy atom. The molecule has 0 spiro atoms. The summed E-state index contributed by atoms with van der Waals surface area (Å²) in [5.41, 5.74) is 4.97. The Hall–Kier alpha value is -0.420. The normalized spacial score (nSPS) is 12.1. The van der Waals surface area contributed by atoms with Crippen LogP contribution in [0.25, 0.3) is 0 Å². The molecule has 0 fully saturated rings.